The zero-order valence-electron chi connectivity index (χ0n) is 12.6. The van der Waals surface area contributed by atoms with Crippen molar-refractivity contribution in [2.75, 3.05) is 5.75 Å². The fourth-order valence-electron chi connectivity index (χ4n) is 1.54. The van der Waals surface area contributed by atoms with Gasteiger partial charge in [0.1, 0.15) is 5.82 Å². The Morgan fingerprint density at radius 1 is 1.17 bits per heavy atom. The van der Waals surface area contributed by atoms with Crippen molar-refractivity contribution in [3.63, 3.8) is 0 Å². The summed E-state index contributed by atoms with van der Waals surface area (Å²) in [6, 6.07) is 0. The molecule has 0 aromatic carbocycles. The first-order valence-corrected chi connectivity index (χ1v) is 7.34. The lowest BCUT2D eigenvalue weighted by atomic mass is 9.96. The highest BCUT2D eigenvalue weighted by molar-refractivity contribution is 8.02. The van der Waals surface area contributed by atoms with Crippen LogP contribution in [0.25, 0.3) is 6.08 Å². The molecule has 1 aromatic rings. The monoisotopic (exact) mass is 267 g/mol. The van der Waals surface area contributed by atoms with Gasteiger partial charge in [-0.3, -0.25) is 4.68 Å². The molecule has 0 fully saturated rings. The minimum Gasteiger partial charge on any atom is -0.252 e. The predicted molar refractivity (Wildman–Crippen MR) is 80.7 cm³/mol. The molecule has 3 nitrogen and oxygen atoms in total. The van der Waals surface area contributed by atoms with Crippen molar-refractivity contribution < 1.29 is 0 Å². The third-order valence-electron chi connectivity index (χ3n) is 2.28. The molecular formula is C14H25N3S. The van der Waals surface area contributed by atoms with E-state index >= 15 is 0 Å². The molecule has 102 valence electrons. The van der Waals surface area contributed by atoms with Crippen molar-refractivity contribution in [2.24, 2.45) is 12.5 Å². The number of thioether (sulfide) groups is 1. The Balaban J connectivity index is 2.67. The molecule has 0 bridgehead atoms. The van der Waals surface area contributed by atoms with Crippen molar-refractivity contribution in [1.29, 1.82) is 0 Å². The Morgan fingerprint density at radius 2 is 1.78 bits per heavy atom. The second-order valence-electron chi connectivity index (χ2n) is 6.84. The summed E-state index contributed by atoms with van der Waals surface area (Å²) < 4.78 is 1.87. The normalized spacial score (nSPS) is 13.5. The molecule has 0 saturated carbocycles. The maximum absolute atomic E-state index is 4.57. The van der Waals surface area contributed by atoms with Gasteiger partial charge in [0.05, 0.1) is 0 Å². The van der Waals surface area contributed by atoms with Gasteiger partial charge >= 0.3 is 0 Å². The van der Waals surface area contributed by atoms with Crippen LogP contribution in [0.2, 0.25) is 0 Å². The number of aryl methyl sites for hydroxylation is 1. The van der Waals surface area contributed by atoms with E-state index in [1.54, 1.807) is 0 Å². The van der Waals surface area contributed by atoms with Gasteiger partial charge in [-0.25, -0.2) is 4.98 Å². The summed E-state index contributed by atoms with van der Waals surface area (Å²) >= 11 is 1.81. The van der Waals surface area contributed by atoms with Crippen molar-refractivity contribution in [1.82, 2.24) is 14.8 Å². The first-order chi connectivity index (χ1) is 8.09. The largest absolute Gasteiger partial charge is 0.252 e. The minimum atomic E-state index is 0.0341. The first kappa shape index (κ1) is 15.3. The fourth-order valence-corrected chi connectivity index (χ4v) is 2.35. The third-order valence-corrected chi connectivity index (χ3v) is 3.64. The molecule has 0 aliphatic rings. The molecule has 0 atom stereocenters. The summed E-state index contributed by atoms with van der Waals surface area (Å²) in [4.78, 5) is 4.57. The zero-order valence-corrected chi connectivity index (χ0v) is 13.4. The molecule has 0 aliphatic carbocycles. The maximum atomic E-state index is 4.57. The lowest BCUT2D eigenvalue weighted by Gasteiger charge is -2.15. The molecular weight excluding hydrogens is 242 g/mol. The number of aromatic nitrogens is 3. The second kappa shape index (κ2) is 5.47. The first-order valence-electron chi connectivity index (χ1n) is 6.29. The van der Waals surface area contributed by atoms with Crippen LogP contribution in [0, 0.1) is 5.41 Å². The van der Waals surface area contributed by atoms with Crippen molar-refractivity contribution in [3.8, 4) is 0 Å². The van der Waals surface area contributed by atoms with Crippen LogP contribution in [-0.2, 0) is 12.5 Å². The molecule has 1 heterocycles. The van der Waals surface area contributed by atoms with Gasteiger partial charge in [-0.15, -0.1) is 11.8 Å². The highest BCUT2D eigenvalue weighted by atomic mass is 32.2. The summed E-state index contributed by atoms with van der Waals surface area (Å²) in [6.07, 6.45) is 1.99. The maximum Gasteiger partial charge on any atom is 0.174 e. The highest BCUT2D eigenvalue weighted by Gasteiger charge is 2.20. The van der Waals surface area contributed by atoms with Crippen LogP contribution in [0.1, 0.15) is 53.2 Å². The molecule has 0 saturated heterocycles. The summed E-state index contributed by atoms with van der Waals surface area (Å²) in [5, 5.41) is 6.51. The molecule has 0 amide bonds. The molecule has 0 spiro atoms. The fraction of sp³-hybridized carbons (Fsp3) is 0.714. The Kier molecular flexibility index (Phi) is 4.65. The highest BCUT2D eigenvalue weighted by Crippen LogP contribution is 2.22. The molecule has 4 heteroatoms. The van der Waals surface area contributed by atoms with Gasteiger partial charge in [0.25, 0.3) is 0 Å². The van der Waals surface area contributed by atoms with Gasteiger partial charge in [-0.1, -0.05) is 41.5 Å². The van der Waals surface area contributed by atoms with Gasteiger partial charge < -0.3 is 0 Å². The van der Waals surface area contributed by atoms with E-state index in [4.69, 9.17) is 0 Å². The number of nitrogens with zero attached hydrogens (tertiary/aromatic N) is 3. The SMILES string of the molecule is Cn1nc(C=CSCC(C)(C)C)nc1C(C)(C)C. The van der Waals surface area contributed by atoms with E-state index in [9.17, 15) is 0 Å². The average Bonchev–Trinajstić information content (AvgIpc) is 2.52. The Morgan fingerprint density at radius 3 is 2.22 bits per heavy atom. The molecule has 0 N–H and O–H groups in total. The van der Waals surface area contributed by atoms with Crippen molar-refractivity contribution in [2.45, 2.75) is 47.0 Å². The van der Waals surface area contributed by atoms with Crippen LogP contribution in [0.4, 0.5) is 0 Å². The van der Waals surface area contributed by atoms with E-state index < -0.39 is 0 Å². The predicted octanol–water partition coefficient (Wildman–Crippen LogP) is 3.86. The minimum absolute atomic E-state index is 0.0341. The van der Waals surface area contributed by atoms with Crippen LogP contribution in [-0.4, -0.2) is 20.5 Å². The zero-order chi connectivity index (χ0) is 14.0. The van der Waals surface area contributed by atoms with Crippen LogP contribution in [0.15, 0.2) is 5.41 Å². The quantitative estimate of drug-likeness (QED) is 0.833. The Hall–Kier alpha value is -0.770. The molecule has 1 rings (SSSR count). The summed E-state index contributed by atoms with van der Waals surface area (Å²) in [5.41, 5.74) is 0.384. The van der Waals surface area contributed by atoms with Crippen molar-refractivity contribution >= 4 is 17.8 Å². The Bertz CT molecular complexity index is 419. The van der Waals surface area contributed by atoms with Gasteiger partial charge in [-0.2, -0.15) is 5.10 Å². The standard InChI is InChI=1S/C14H25N3S/c1-13(2,3)10-18-9-8-11-15-12(14(4,5)6)17(7)16-11/h8-9H,10H2,1-7H3. The summed E-state index contributed by atoms with van der Waals surface area (Å²) in [7, 11) is 1.95. The number of hydrogen-bond acceptors (Lipinski definition) is 3. The molecule has 0 unspecified atom stereocenters. The molecule has 1 aromatic heterocycles. The number of hydrogen-bond donors (Lipinski definition) is 0. The molecule has 0 radical (unpaired) electrons. The van der Waals surface area contributed by atoms with Crippen LogP contribution in [0.3, 0.4) is 0 Å². The number of rotatable bonds is 3. The third kappa shape index (κ3) is 4.84. The van der Waals surface area contributed by atoms with Crippen LogP contribution >= 0.6 is 11.8 Å². The van der Waals surface area contributed by atoms with Crippen molar-refractivity contribution in [3.05, 3.63) is 17.1 Å². The molecule has 0 aliphatic heterocycles. The summed E-state index contributed by atoms with van der Waals surface area (Å²) in [5.74, 6) is 2.91. The van der Waals surface area contributed by atoms with E-state index in [0.717, 1.165) is 17.4 Å². The lowest BCUT2D eigenvalue weighted by molar-refractivity contribution is 0.481. The van der Waals surface area contributed by atoms with E-state index in [0.29, 0.717) is 5.41 Å². The smallest absolute Gasteiger partial charge is 0.174 e. The average molecular weight is 267 g/mol. The van der Waals surface area contributed by atoms with Crippen LogP contribution < -0.4 is 0 Å². The van der Waals surface area contributed by atoms with Gasteiger partial charge in [-0.05, 0) is 16.9 Å². The van der Waals surface area contributed by atoms with Gasteiger partial charge in [0.2, 0.25) is 0 Å². The molecule has 18 heavy (non-hydrogen) atoms. The lowest BCUT2D eigenvalue weighted by Crippen LogP contribution is -2.17. The van der Waals surface area contributed by atoms with E-state index in [2.05, 4.69) is 57.0 Å². The second-order valence-corrected chi connectivity index (χ2v) is 7.74. The van der Waals surface area contributed by atoms with Crippen LogP contribution in [0.5, 0.6) is 0 Å². The Labute approximate surface area is 115 Å². The summed E-state index contributed by atoms with van der Waals surface area (Å²) in [6.45, 7) is 13.2. The van der Waals surface area contributed by atoms with Gasteiger partial charge in [0, 0.05) is 18.2 Å². The van der Waals surface area contributed by atoms with Gasteiger partial charge in [0.15, 0.2) is 5.82 Å². The van der Waals surface area contributed by atoms with E-state index in [1.807, 2.05) is 29.6 Å². The van der Waals surface area contributed by atoms with E-state index in [-0.39, 0.29) is 5.41 Å². The van der Waals surface area contributed by atoms with E-state index in [1.165, 1.54) is 0 Å². The topological polar surface area (TPSA) is 30.7 Å².